The topological polar surface area (TPSA) is 31.1 Å². The lowest BCUT2D eigenvalue weighted by Crippen LogP contribution is -2.37. The van der Waals surface area contributed by atoms with Gasteiger partial charge in [-0.05, 0) is 25.0 Å². The summed E-state index contributed by atoms with van der Waals surface area (Å²) in [5.41, 5.74) is 5.34. The van der Waals surface area contributed by atoms with Crippen molar-refractivity contribution in [1.82, 2.24) is 15.2 Å². The Morgan fingerprint density at radius 1 is 1.29 bits per heavy atom. The standard InChI is InChI=1S/C14H15N3/c1-9-15-8-13-14-11(6-7-17(9)13)10-4-2-3-5-12(10)16-14/h2-5,8-9,15-16H,6-7H2,1H3. The number of para-hydroxylation sites is 1. The molecular formula is C14H15N3. The van der Waals surface area contributed by atoms with E-state index in [2.05, 4.69) is 52.6 Å². The summed E-state index contributed by atoms with van der Waals surface area (Å²) in [6.45, 7) is 3.31. The maximum atomic E-state index is 3.56. The summed E-state index contributed by atoms with van der Waals surface area (Å²) in [6.07, 6.45) is 3.69. The first kappa shape index (κ1) is 9.16. The van der Waals surface area contributed by atoms with Crippen molar-refractivity contribution < 1.29 is 0 Å². The summed E-state index contributed by atoms with van der Waals surface area (Å²) >= 11 is 0. The van der Waals surface area contributed by atoms with Gasteiger partial charge in [0.1, 0.15) is 0 Å². The largest absolute Gasteiger partial charge is 0.370 e. The van der Waals surface area contributed by atoms with E-state index in [0.29, 0.717) is 6.17 Å². The van der Waals surface area contributed by atoms with Crippen molar-refractivity contribution in [3.05, 3.63) is 41.7 Å². The minimum atomic E-state index is 0.421. The summed E-state index contributed by atoms with van der Waals surface area (Å²) in [6, 6.07) is 8.58. The van der Waals surface area contributed by atoms with E-state index in [4.69, 9.17) is 0 Å². The third kappa shape index (κ3) is 1.11. The number of aromatic amines is 1. The molecule has 1 unspecified atom stereocenters. The van der Waals surface area contributed by atoms with Gasteiger partial charge in [-0.3, -0.25) is 0 Å². The fourth-order valence-corrected chi connectivity index (χ4v) is 3.02. The van der Waals surface area contributed by atoms with Crippen molar-refractivity contribution in [2.45, 2.75) is 19.5 Å². The second-order valence-corrected chi connectivity index (χ2v) is 4.84. The Hall–Kier alpha value is -1.90. The summed E-state index contributed by atoms with van der Waals surface area (Å²) in [5.74, 6) is 0. The molecule has 2 aliphatic heterocycles. The number of H-pyrrole nitrogens is 1. The van der Waals surface area contributed by atoms with Crippen LogP contribution in [0.5, 0.6) is 0 Å². The lowest BCUT2D eigenvalue weighted by Gasteiger charge is -2.30. The van der Waals surface area contributed by atoms with Crippen LogP contribution in [-0.4, -0.2) is 22.6 Å². The summed E-state index contributed by atoms with van der Waals surface area (Å²) in [5, 5.41) is 4.77. The number of nitrogens with zero attached hydrogens (tertiary/aromatic N) is 1. The van der Waals surface area contributed by atoms with E-state index in [1.165, 1.54) is 27.9 Å². The van der Waals surface area contributed by atoms with Gasteiger partial charge in [-0.15, -0.1) is 0 Å². The molecule has 0 radical (unpaired) electrons. The van der Waals surface area contributed by atoms with E-state index in [-0.39, 0.29) is 0 Å². The molecule has 0 fully saturated rings. The predicted molar refractivity (Wildman–Crippen MR) is 69.3 cm³/mol. The van der Waals surface area contributed by atoms with Gasteiger partial charge in [-0.25, -0.2) is 0 Å². The van der Waals surface area contributed by atoms with Gasteiger partial charge >= 0.3 is 0 Å². The maximum Gasteiger partial charge on any atom is 0.0958 e. The molecule has 0 spiro atoms. The van der Waals surface area contributed by atoms with Crippen LogP contribution in [0.2, 0.25) is 0 Å². The molecule has 0 bridgehead atoms. The van der Waals surface area contributed by atoms with Gasteiger partial charge < -0.3 is 15.2 Å². The van der Waals surface area contributed by atoms with E-state index >= 15 is 0 Å². The van der Waals surface area contributed by atoms with E-state index in [1.807, 2.05) is 0 Å². The SMILES string of the molecule is CC1NC=C2c3[nH]c4ccccc4c3CCN21. The zero-order chi connectivity index (χ0) is 11.4. The molecule has 3 heteroatoms. The number of nitrogens with one attached hydrogen (secondary N) is 2. The lowest BCUT2D eigenvalue weighted by molar-refractivity contribution is 0.308. The molecule has 3 heterocycles. The molecular weight excluding hydrogens is 210 g/mol. The van der Waals surface area contributed by atoms with Crippen LogP contribution in [0.4, 0.5) is 0 Å². The fourth-order valence-electron chi connectivity index (χ4n) is 3.02. The average molecular weight is 225 g/mol. The van der Waals surface area contributed by atoms with Gasteiger partial charge in [0, 0.05) is 23.6 Å². The van der Waals surface area contributed by atoms with E-state index in [0.717, 1.165) is 13.0 Å². The second kappa shape index (κ2) is 3.06. The van der Waals surface area contributed by atoms with Crippen LogP contribution in [0, 0.1) is 0 Å². The third-order valence-electron chi connectivity index (χ3n) is 3.91. The van der Waals surface area contributed by atoms with Crippen LogP contribution in [0.15, 0.2) is 30.5 Å². The number of hydrogen-bond acceptors (Lipinski definition) is 2. The smallest absolute Gasteiger partial charge is 0.0958 e. The van der Waals surface area contributed by atoms with E-state index in [1.54, 1.807) is 0 Å². The Balaban J connectivity index is 1.97. The monoisotopic (exact) mass is 225 g/mol. The van der Waals surface area contributed by atoms with Crippen LogP contribution in [0.3, 0.4) is 0 Å². The van der Waals surface area contributed by atoms with Gasteiger partial charge in [-0.2, -0.15) is 0 Å². The van der Waals surface area contributed by atoms with Gasteiger partial charge in [0.2, 0.25) is 0 Å². The zero-order valence-electron chi connectivity index (χ0n) is 9.83. The Kier molecular flexibility index (Phi) is 1.65. The first-order valence-corrected chi connectivity index (χ1v) is 6.17. The molecule has 86 valence electrons. The summed E-state index contributed by atoms with van der Waals surface area (Å²) < 4.78 is 0. The van der Waals surface area contributed by atoms with Crippen LogP contribution >= 0.6 is 0 Å². The van der Waals surface area contributed by atoms with Gasteiger partial charge in [0.15, 0.2) is 0 Å². The molecule has 0 aliphatic carbocycles. The highest BCUT2D eigenvalue weighted by Gasteiger charge is 2.30. The molecule has 0 saturated heterocycles. The number of hydrogen-bond donors (Lipinski definition) is 2. The Morgan fingerprint density at radius 2 is 2.18 bits per heavy atom. The van der Waals surface area contributed by atoms with Crippen molar-refractivity contribution in [3.8, 4) is 0 Å². The minimum absolute atomic E-state index is 0.421. The van der Waals surface area contributed by atoms with Crippen molar-refractivity contribution in [2.24, 2.45) is 0 Å². The molecule has 0 saturated carbocycles. The molecule has 2 aromatic rings. The highest BCUT2D eigenvalue weighted by Crippen LogP contribution is 2.35. The highest BCUT2D eigenvalue weighted by molar-refractivity contribution is 5.90. The molecule has 1 aromatic carbocycles. The summed E-state index contributed by atoms with van der Waals surface area (Å²) in [7, 11) is 0. The normalized spacial score (nSPS) is 22.1. The van der Waals surface area contributed by atoms with Crippen LogP contribution in [-0.2, 0) is 6.42 Å². The molecule has 0 amide bonds. The van der Waals surface area contributed by atoms with E-state index in [9.17, 15) is 0 Å². The Labute approximate surface area is 100 Å². The average Bonchev–Trinajstić information content (AvgIpc) is 2.90. The molecule has 17 heavy (non-hydrogen) atoms. The molecule has 2 aliphatic rings. The lowest BCUT2D eigenvalue weighted by atomic mass is 10.0. The van der Waals surface area contributed by atoms with Gasteiger partial charge in [0.25, 0.3) is 0 Å². The van der Waals surface area contributed by atoms with Crippen molar-refractivity contribution in [2.75, 3.05) is 6.54 Å². The quantitative estimate of drug-likeness (QED) is 0.720. The third-order valence-corrected chi connectivity index (χ3v) is 3.91. The first-order chi connectivity index (χ1) is 8.34. The molecule has 1 aromatic heterocycles. The minimum Gasteiger partial charge on any atom is -0.370 e. The van der Waals surface area contributed by atoms with Gasteiger partial charge in [0.05, 0.1) is 17.6 Å². The van der Waals surface area contributed by atoms with Crippen molar-refractivity contribution in [3.63, 3.8) is 0 Å². The van der Waals surface area contributed by atoms with Crippen LogP contribution < -0.4 is 5.32 Å². The molecule has 4 rings (SSSR count). The second-order valence-electron chi connectivity index (χ2n) is 4.84. The predicted octanol–water partition coefficient (Wildman–Crippen LogP) is 2.27. The number of aromatic nitrogens is 1. The van der Waals surface area contributed by atoms with Crippen LogP contribution in [0.1, 0.15) is 18.2 Å². The fraction of sp³-hybridized carbons (Fsp3) is 0.286. The molecule has 3 nitrogen and oxygen atoms in total. The van der Waals surface area contributed by atoms with Gasteiger partial charge in [-0.1, -0.05) is 18.2 Å². The first-order valence-electron chi connectivity index (χ1n) is 6.17. The zero-order valence-corrected chi connectivity index (χ0v) is 9.83. The summed E-state index contributed by atoms with van der Waals surface area (Å²) in [4.78, 5) is 5.99. The van der Waals surface area contributed by atoms with Crippen molar-refractivity contribution in [1.29, 1.82) is 0 Å². The maximum absolute atomic E-state index is 3.56. The Morgan fingerprint density at radius 3 is 3.12 bits per heavy atom. The van der Waals surface area contributed by atoms with Crippen molar-refractivity contribution >= 4 is 16.6 Å². The number of fused-ring (bicyclic) bond motifs is 5. The van der Waals surface area contributed by atoms with E-state index < -0.39 is 0 Å². The number of benzene rings is 1. The Bertz CT molecular complexity index is 623. The van der Waals surface area contributed by atoms with Crippen LogP contribution in [0.25, 0.3) is 16.6 Å². The number of rotatable bonds is 0. The highest BCUT2D eigenvalue weighted by atomic mass is 15.3. The molecule has 1 atom stereocenters. The molecule has 2 N–H and O–H groups in total.